The van der Waals surface area contributed by atoms with E-state index in [4.69, 9.17) is 33.1 Å². The number of nitrogens with one attached hydrogen (secondary N) is 1. The number of benzene rings is 3. The van der Waals surface area contributed by atoms with Gasteiger partial charge in [0.2, 0.25) is 5.91 Å². The Morgan fingerprint density at radius 3 is 1.47 bits per heavy atom. The van der Waals surface area contributed by atoms with Crippen LogP contribution >= 0.6 is 31.9 Å². The Balaban J connectivity index is 0.000000359. The Labute approximate surface area is 281 Å². The molecule has 0 atom stereocenters. The highest BCUT2D eigenvalue weighted by atomic mass is 79.9. The number of nitrogens with zero attached hydrogens (tertiary/aromatic N) is 5. The third-order valence-corrected chi connectivity index (χ3v) is 6.95. The highest BCUT2D eigenvalue weighted by Gasteiger charge is 2.22. The van der Waals surface area contributed by atoms with Crippen LogP contribution in [-0.2, 0) is 4.79 Å². The van der Waals surface area contributed by atoms with Crippen LogP contribution in [0.5, 0.6) is 0 Å². The van der Waals surface area contributed by atoms with E-state index in [0.717, 1.165) is 24.3 Å². The smallest absolute Gasteiger partial charge is 0.300 e. The van der Waals surface area contributed by atoms with Crippen LogP contribution in [0.25, 0.3) is 0 Å². The molecule has 0 fully saturated rings. The van der Waals surface area contributed by atoms with Crippen molar-refractivity contribution in [2.45, 2.75) is 6.92 Å². The summed E-state index contributed by atoms with van der Waals surface area (Å²) in [6.45, 7) is 1.88. The second-order valence-electron chi connectivity index (χ2n) is 8.83. The summed E-state index contributed by atoms with van der Waals surface area (Å²) in [5.41, 5.74) is 22.1. The number of amides is 1. The van der Waals surface area contributed by atoms with Crippen molar-refractivity contribution >= 4 is 94.6 Å². The number of aliphatic hydroxyl groups is 2. The first-order chi connectivity index (χ1) is 21.9. The standard InChI is InChI=1S/C12H20N4O3.2C6H4BrN3O4/c1-8(19)15-12-9(13)2-3-10(11(12)14)16(4-6-17)5-7-18;2*7-4-1-3(9(11)12)2-5(6(4)8)10(13)14/h2-3,17-18H,4-7,13-14H2,1H3,(H,15,19);2*1-2H,8H2. The van der Waals surface area contributed by atoms with Crippen LogP contribution in [0, 0.1) is 40.5 Å². The lowest BCUT2D eigenvalue weighted by atomic mass is 10.1. The van der Waals surface area contributed by atoms with E-state index >= 15 is 0 Å². The molecule has 0 unspecified atom stereocenters. The molecule has 1 amide bonds. The van der Waals surface area contributed by atoms with E-state index in [9.17, 15) is 45.3 Å². The third kappa shape index (κ3) is 11.2. The lowest BCUT2D eigenvalue weighted by Crippen LogP contribution is -2.30. The van der Waals surface area contributed by atoms with Crippen LogP contribution in [0.15, 0.2) is 45.3 Å². The van der Waals surface area contributed by atoms with Gasteiger partial charge in [-0.3, -0.25) is 45.3 Å². The highest BCUT2D eigenvalue weighted by molar-refractivity contribution is 9.11. The molecule has 3 aromatic rings. The third-order valence-electron chi connectivity index (χ3n) is 5.64. The number of rotatable bonds is 10. The Morgan fingerprint density at radius 1 is 0.745 bits per heavy atom. The minimum atomic E-state index is -0.771. The molecule has 11 N–H and O–H groups in total. The molecule has 0 saturated carbocycles. The summed E-state index contributed by atoms with van der Waals surface area (Å²) in [5.74, 6) is -0.272. The van der Waals surface area contributed by atoms with Crippen molar-refractivity contribution in [2.24, 2.45) is 0 Å². The van der Waals surface area contributed by atoms with Crippen molar-refractivity contribution in [1.29, 1.82) is 0 Å². The van der Waals surface area contributed by atoms with Crippen LogP contribution in [0.3, 0.4) is 0 Å². The molecule has 0 aliphatic heterocycles. The van der Waals surface area contributed by atoms with Gasteiger partial charge < -0.3 is 43.4 Å². The summed E-state index contributed by atoms with van der Waals surface area (Å²) < 4.78 is 0.275. The normalized spacial score (nSPS) is 9.98. The summed E-state index contributed by atoms with van der Waals surface area (Å²) in [6.07, 6.45) is 0. The zero-order chi connectivity index (χ0) is 36.2. The van der Waals surface area contributed by atoms with Crippen LogP contribution in [0.1, 0.15) is 6.92 Å². The number of hydrogen-bond donors (Lipinski definition) is 7. The molecule has 0 heterocycles. The van der Waals surface area contributed by atoms with Gasteiger partial charge in [-0.05, 0) is 44.0 Å². The molecule has 0 bridgehead atoms. The zero-order valence-corrected chi connectivity index (χ0v) is 27.3. The number of nitro groups is 4. The fourth-order valence-electron chi connectivity index (χ4n) is 3.50. The number of hydrogen-bond acceptors (Lipinski definition) is 16. The number of nitro benzene ring substituents is 4. The molecule has 0 saturated heterocycles. The number of nitrogen functional groups attached to an aromatic ring is 4. The SMILES string of the molecule is CC(=O)Nc1c(N)ccc(N(CCO)CCO)c1N.Nc1c(Br)cc([N+](=O)[O-])cc1[N+](=O)[O-].Nc1c(Br)cc([N+](=O)[O-])cc1[N+](=O)[O-]. The summed E-state index contributed by atoms with van der Waals surface area (Å²) in [6, 6.07) is 7.19. The van der Waals surface area contributed by atoms with E-state index in [1.807, 2.05) is 0 Å². The van der Waals surface area contributed by atoms with Gasteiger partial charge in [0, 0.05) is 32.1 Å². The minimum absolute atomic E-state index is 0.0702. The number of carbonyl (C=O) groups is 1. The minimum Gasteiger partial charge on any atom is -0.397 e. The maximum Gasteiger partial charge on any atom is 0.300 e. The molecule has 0 radical (unpaired) electrons. The largest absolute Gasteiger partial charge is 0.397 e. The van der Waals surface area contributed by atoms with Crippen LogP contribution in [-0.4, -0.2) is 62.1 Å². The lowest BCUT2D eigenvalue weighted by Gasteiger charge is -2.26. The van der Waals surface area contributed by atoms with Crippen LogP contribution in [0.4, 0.5) is 56.9 Å². The molecule has 23 heteroatoms. The van der Waals surface area contributed by atoms with E-state index in [1.165, 1.54) is 6.92 Å². The molecule has 3 rings (SSSR count). The predicted molar refractivity (Wildman–Crippen MR) is 180 cm³/mol. The second kappa shape index (κ2) is 17.9. The van der Waals surface area contributed by atoms with Gasteiger partial charge in [0.15, 0.2) is 0 Å². The molecule has 0 aliphatic carbocycles. The monoisotopic (exact) mass is 790 g/mol. The van der Waals surface area contributed by atoms with Gasteiger partial charge in [-0.25, -0.2) is 0 Å². The highest BCUT2D eigenvalue weighted by Crippen LogP contribution is 2.36. The fourth-order valence-corrected chi connectivity index (χ4v) is 4.38. The van der Waals surface area contributed by atoms with Crippen LogP contribution in [0.2, 0.25) is 0 Å². The first-order valence-corrected chi connectivity index (χ1v) is 14.1. The second-order valence-corrected chi connectivity index (χ2v) is 10.5. The van der Waals surface area contributed by atoms with E-state index in [1.54, 1.807) is 17.0 Å². The number of nitrogens with two attached hydrogens (primary N) is 4. The maximum absolute atomic E-state index is 11.1. The number of carbonyl (C=O) groups excluding carboxylic acids is 1. The summed E-state index contributed by atoms with van der Waals surface area (Å²) in [5, 5.41) is 62.2. The fraction of sp³-hybridized carbons (Fsp3) is 0.208. The quantitative estimate of drug-likeness (QED) is 0.0879. The average Bonchev–Trinajstić information content (AvgIpc) is 2.98. The van der Waals surface area contributed by atoms with Crippen molar-refractivity contribution in [3.05, 3.63) is 85.8 Å². The van der Waals surface area contributed by atoms with Crippen molar-refractivity contribution in [1.82, 2.24) is 0 Å². The summed E-state index contributed by atoms with van der Waals surface area (Å²) in [4.78, 5) is 51.4. The van der Waals surface area contributed by atoms with Crippen molar-refractivity contribution < 1.29 is 34.7 Å². The molecule has 3 aromatic carbocycles. The molecule has 0 aromatic heterocycles. The van der Waals surface area contributed by atoms with Gasteiger partial charge in [0.05, 0.1) is 76.7 Å². The Morgan fingerprint density at radius 2 is 1.15 bits per heavy atom. The van der Waals surface area contributed by atoms with E-state index in [-0.39, 0.29) is 50.8 Å². The van der Waals surface area contributed by atoms with E-state index in [0.29, 0.717) is 35.8 Å². The molecular weight excluding hydrogens is 764 g/mol. The number of anilines is 6. The van der Waals surface area contributed by atoms with E-state index < -0.39 is 31.1 Å². The predicted octanol–water partition coefficient (Wildman–Crippen LogP) is 3.30. The van der Waals surface area contributed by atoms with Gasteiger partial charge in [0.25, 0.3) is 22.7 Å². The number of halogens is 2. The van der Waals surface area contributed by atoms with Gasteiger partial charge in [-0.1, -0.05) is 0 Å². The molecule has 0 spiro atoms. The topological polar surface area (TPSA) is 349 Å². The zero-order valence-electron chi connectivity index (χ0n) is 24.2. The summed E-state index contributed by atoms with van der Waals surface area (Å²) in [7, 11) is 0. The van der Waals surface area contributed by atoms with Gasteiger partial charge in [-0.15, -0.1) is 0 Å². The van der Waals surface area contributed by atoms with Gasteiger partial charge >= 0.3 is 0 Å². The number of non-ortho nitro benzene ring substituents is 2. The lowest BCUT2D eigenvalue weighted by molar-refractivity contribution is -0.393. The Bertz CT molecular complexity index is 1590. The molecule has 0 aliphatic rings. The van der Waals surface area contributed by atoms with Gasteiger partial charge in [0.1, 0.15) is 11.4 Å². The Kier molecular flexibility index (Phi) is 15.1. The Hall–Kier alpha value is -5.39. The van der Waals surface area contributed by atoms with Crippen LogP contribution < -0.4 is 33.2 Å². The number of aliphatic hydroxyl groups excluding tert-OH is 2. The van der Waals surface area contributed by atoms with Crippen molar-refractivity contribution in [3.8, 4) is 0 Å². The van der Waals surface area contributed by atoms with E-state index in [2.05, 4.69) is 37.2 Å². The molecule has 47 heavy (non-hydrogen) atoms. The first kappa shape index (κ1) is 39.6. The molecule has 21 nitrogen and oxygen atoms in total. The molecular formula is C24H28Br2N10O11. The van der Waals surface area contributed by atoms with Crippen molar-refractivity contribution in [2.75, 3.05) is 59.5 Å². The molecule has 254 valence electrons. The van der Waals surface area contributed by atoms with Gasteiger partial charge in [-0.2, -0.15) is 0 Å². The van der Waals surface area contributed by atoms with Crippen molar-refractivity contribution in [3.63, 3.8) is 0 Å². The average molecular weight is 792 g/mol. The maximum atomic E-state index is 11.1. The first-order valence-electron chi connectivity index (χ1n) is 12.6. The summed E-state index contributed by atoms with van der Waals surface area (Å²) >= 11 is 5.80.